The molecule has 1 aromatic heterocycles. The van der Waals surface area contributed by atoms with Gasteiger partial charge in [-0.05, 0) is 47.9 Å². The number of fused-ring (bicyclic) bond motifs is 1. The molecular formula is C34H28Cl2N4O3S. The molecule has 0 spiro atoms. The summed E-state index contributed by atoms with van der Waals surface area (Å²) in [7, 11) is 0. The molecule has 44 heavy (non-hydrogen) atoms. The summed E-state index contributed by atoms with van der Waals surface area (Å²) < 4.78 is 13.5. The van der Waals surface area contributed by atoms with E-state index in [0.717, 1.165) is 22.3 Å². The highest BCUT2D eigenvalue weighted by molar-refractivity contribution is 7.98. The van der Waals surface area contributed by atoms with Crippen molar-refractivity contribution in [2.75, 3.05) is 5.32 Å². The Kier molecular flexibility index (Phi) is 9.21. The Morgan fingerprint density at radius 1 is 0.864 bits per heavy atom. The topological polar surface area (TPSA) is 78.3 Å². The lowest BCUT2D eigenvalue weighted by atomic mass is 9.95. The molecule has 1 unspecified atom stereocenters. The zero-order valence-electron chi connectivity index (χ0n) is 23.7. The predicted molar refractivity (Wildman–Crippen MR) is 174 cm³/mol. The van der Waals surface area contributed by atoms with Gasteiger partial charge in [0, 0.05) is 27.1 Å². The van der Waals surface area contributed by atoms with Gasteiger partial charge in [0.1, 0.15) is 25.0 Å². The Labute approximate surface area is 269 Å². The van der Waals surface area contributed by atoms with Crippen molar-refractivity contribution in [3.63, 3.8) is 0 Å². The Hall–Kier alpha value is -4.24. The highest BCUT2D eigenvalue weighted by Crippen LogP contribution is 2.38. The van der Waals surface area contributed by atoms with Crippen molar-refractivity contribution in [1.29, 1.82) is 0 Å². The summed E-state index contributed by atoms with van der Waals surface area (Å²) >= 11 is 14.1. The van der Waals surface area contributed by atoms with Gasteiger partial charge in [0.05, 0.1) is 5.57 Å². The van der Waals surface area contributed by atoms with E-state index < -0.39 is 12.0 Å². The van der Waals surface area contributed by atoms with Crippen molar-refractivity contribution < 1.29 is 14.3 Å². The fourth-order valence-corrected chi connectivity index (χ4v) is 6.15. The maximum atomic E-state index is 13.6. The molecule has 0 saturated carbocycles. The van der Waals surface area contributed by atoms with Crippen molar-refractivity contribution in [2.45, 2.75) is 37.1 Å². The number of halogens is 2. The summed E-state index contributed by atoms with van der Waals surface area (Å²) in [4.78, 5) is 18.4. The number of hydrogen-bond acceptors (Lipinski definition) is 7. The first-order valence-corrected chi connectivity index (χ1v) is 15.7. The number of nitrogens with one attached hydrogen (secondary N) is 1. The van der Waals surface area contributed by atoms with Crippen LogP contribution in [0, 0.1) is 0 Å². The second-order valence-electron chi connectivity index (χ2n) is 10.1. The highest BCUT2D eigenvalue weighted by atomic mass is 35.5. The number of aromatic nitrogens is 3. The Morgan fingerprint density at radius 3 is 2.23 bits per heavy atom. The second kappa shape index (κ2) is 13.6. The molecule has 0 saturated heterocycles. The summed E-state index contributed by atoms with van der Waals surface area (Å²) in [6, 6.07) is 31.9. The van der Waals surface area contributed by atoms with Gasteiger partial charge in [-0.2, -0.15) is 4.98 Å². The van der Waals surface area contributed by atoms with Crippen LogP contribution in [0.3, 0.4) is 0 Å². The molecule has 5 aromatic rings. The van der Waals surface area contributed by atoms with E-state index in [2.05, 4.69) is 5.32 Å². The number of hydrogen-bond donors (Lipinski definition) is 1. The van der Waals surface area contributed by atoms with Gasteiger partial charge in [0.25, 0.3) is 0 Å². The summed E-state index contributed by atoms with van der Waals surface area (Å²) in [6.07, 6.45) is 0. The predicted octanol–water partition coefficient (Wildman–Crippen LogP) is 8.49. The maximum absolute atomic E-state index is 13.6. The molecule has 1 atom stereocenters. The summed E-state index contributed by atoms with van der Waals surface area (Å²) in [5.41, 5.74) is 4.71. The molecule has 0 radical (unpaired) electrons. The Bertz CT molecular complexity index is 1810. The first kappa shape index (κ1) is 29.8. The van der Waals surface area contributed by atoms with Gasteiger partial charge in [-0.3, -0.25) is 0 Å². The minimum absolute atomic E-state index is 0.154. The number of ether oxygens (including phenoxy) is 2. The van der Waals surface area contributed by atoms with Crippen LogP contribution in [-0.4, -0.2) is 20.7 Å². The van der Waals surface area contributed by atoms with Gasteiger partial charge in [0.15, 0.2) is 0 Å². The number of allylic oxidation sites excluding steroid dienone is 1. The minimum Gasteiger partial charge on any atom is -0.489 e. The molecule has 7 nitrogen and oxygen atoms in total. The first-order chi connectivity index (χ1) is 21.5. The smallest absolute Gasteiger partial charge is 0.338 e. The molecule has 0 aliphatic carbocycles. The SMILES string of the molecule is CC1=C(C(=O)OCc2ccccc2)C(c2ccc(OCc3ccccc3Cl)cc2)n2nc(SCc3ccccc3Cl)nc2N1. The van der Waals surface area contributed by atoms with Gasteiger partial charge in [-0.1, -0.05) is 114 Å². The molecule has 222 valence electrons. The number of benzene rings is 4. The largest absolute Gasteiger partial charge is 0.489 e. The van der Waals surface area contributed by atoms with Crippen LogP contribution >= 0.6 is 35.0 Å². The van der Waals surface area contributed by atoms with Crippen LogP contribution in [0.1, 0.15) is 35.2 Å². The molecule has 10 heteroatoms. The van der Waals surface area contributed by atoms with Crippen LogP contribution in [0.25, 0.3) is 0 Å². The molecule has 4 aromatic carbocycles. The van der Waals surface area contributed by atoms with Crippen LogP contribution in [-0.2, 0) is 28.5 Å². The number of carbonyl (C=O) groups excluding carboxylic acids is 1. The van der Waals surface area contributed by atoms with Crippen LogP contribution < -0.4 is 10.1 Å². The molecule has 0 amide bonds. The lowest BCUT2D eigenvalue weighted by Crippen LogP contribution is -2.29. The normalized spacial score (nSPS) is 14.1. The molecule has 1 aliphatic heterocycles. The van der Waals surface area contributed by atoms with Gasteiger partial charge in [0.2, 0.25) is 11.1 Å². The van der Waals surface area contributed by atoms with E-state index in [1.54, 1.807) is 4.68 Å². The number of nitrogens with zero attached hydrogens (tertiary/aromatic N) is 3. The highest BCUT2D eigenvalue weighted by Gasteiger charge is 2.35. The zero-order valence-corrected chi connectivity index (χ0v) is 26.1. The third-order valence-corrected chi connectivity index (χ3v) is 8.75. The summed E-state index contributed by atoms with van der Waals surface area (Å²) in [5, 5.41) is 9.99. The van der Waals surface area contributed by atoms with Crippen LogP contribution in [0.15, 0.2) is 120 Å². The number of rotatable bonds is 10. The number of thioether (sulfide) groups is 1. The van der Waals surface area contributed by atoms with E-state index in [0.29, 0.717) is 50.5 Å². The van der Waals surface area contributed by atoms with E-state index in [9.17, 15) is 4.79 Å². The molecule has 1 N–H and O–H groups in total. The second-order valence-corrected chi connectivity index (χ2v) is 11.9. The van der Waals surface area contributed by atoms with E-state index in [-0.39, 0.29) is 6.61 Å². The van der Waals surface area contributed by atoms with Crippen LogP contribution in [0.2, 0.25) is 10.0 Å². The molecule has 0 bridgehead atoms. The average Bonchev–Trinajstić information content (AvgIpc) is 3.45. The van der Waals surface area contributed by atoms with E-state index in [1.807, 2.05) is 110 Å². The van der Waals surface area contributed by atoms with E-state index in [4.69, 9.17) is 42.8 Å². The third kappa shape index (κ3) is 6.78. The van der Waals surface area contributed by atoms with Gasteiger partial charge in [-0.15, -0.1) is 5.10 Å². The van der Waals surface area contributed by atoms with Gasteiger partial charge >= 0.3 is 5.97 Å². The quantitative estimate of drug-likeness (QED) is 0.121. The number of esters is 1. The Balaban J connectivity index is 1.27. The number of carbonyl (C=O) groups is 1. The van der Waals surface area contributed by atoms with Crippen LogP contribution in [0.5, 0.6) is 5.75 Å². The molecule has 0 fully saturated rings. The molecule has 1 aliphatic rings. The van der Waals surface area contributed by atoms with Crippen molar-refractivity contribution >= 4 is 46.9 Å². The lowest BCUT2D eigenvalue weighted by Gasteiger charge is -2.28. The van der Waals surface area contributed by atoms with Crippen molar-refractivity contribution in [2.24, 2.45) is 0 Å². The monoisotopic (exact) mass is 642 g/mol. The number of anilines is 1. The van der Waals surface area contributed by atoms with E-state index in [1.165, 1.54) is 11.8 Å². The average molecular weight is 644 g/mol. The summed E-state index contributed by atoms with van der Waals surface area (Å²) in [6.45, 7) is 2.34. The van der Waals surface area contributed by atoms with Crippen molar-refractivity contribution in [1.82, 2.24) is 14.8 Å². The fourth-order valence-electron chi connectivity index (χ4n) is 4.85. The molecule has 6 rings (SSSR count). The maximum Gasteiger partial charge on any atom is 0.338 e. The lowest BCUT2D eigenvalue weighted by molar-refractivity contribution is -0.140. The standard InChI is InChI=1S/C34H28Cl2N4O3S/c1-22-30(32(41)43-19-23-9-3-2-4-10-23)31(24-15-17-27(18-16-24)42-20-25-11-5-7-13-28(25)35)40-33(37-22)38-34(39-40)44-21-26-12-6-8-14-29(26)36/h2-18,31H,19-21H2,1H3,(H,37,38,39). The van der Waals surface area contributed by atoms with Gasteiger partial charge in [-0.25, -0.2) is 9.48 Å². The minimum atomic E-state index is -0.575. The van der Waals surface area contributed by atoms with E-state index >= 15 is 0 Å². The first-order valence-electron chi connectivity index (χ1n) is 13.9. The summed E-state index contributed by atoms with van der Waals surface area (Å²) in [5.74, 6) is 1.37. The molecule has 2 heterocycles. The third-order valence-electron chi connectivity index (χ3n) is 7.13. The fraction of sp³-hybridized carbons (Fsp3) is 0.147. The van der Waals surface area contributed by atoms with Gasteiger partial charge < -0.3 is 14.8 Å². The Morgan fingerprint density at radius 2 is 1.52 bits per heavy atom. The van der Waals surface area contributed by atoms with Crippen molar-refractivity contribution in [3.8, 4) is 5.75 Å². The zero-order chi connectivity index (χ0) is 30.5. The molecular weight excluding hydrogens is 615 g/mol. The van der Waals surface area contributed by atoms with Crippen LogP contribution in [0.4, 0.5) is 5.95 Å². The van der Waals surface area contributed by atoms with Crippen molar-refractivity contribution in [3.05, 3.63) is 147 Å².